The van der Waals surface area contributed by atoms with Crippen molar-refractivity contribution in [2.45, 2.75) is 19.9 Å². The fourth-order valence-corrected chi connectivity index (χ4v) is 1.81. The van der Waals surface area contributed by atoms with Crippen molar-refractivity contribution in [1.82, 2.24) is 10.7 Å². The number of halogens is 1. The van der Waals surface area contributed by atoms with Gasteiger partial charge in [0.15, 0.2) is 6.61 Å². The fraction of sp³-hybridized carbons (Fsp3) is 0.286. The van der Waals surface area contributed by atoms with Crippen molar-refractivity contribution in [2.75, 3.05) is 6.61 Å². The maximum atomic E-state index is 11.5. The first-order chi connectivity index (χ1) is 10.8. The van der Waals surface area contributed by atoms with Crippen LogP contribution in [0, 0.1) is 0 Å². The molecule has 23 heavy (non-hydrogen) atoms. The number of nitrogens with one attached hydrogen (secondary N) is 2. The molecule has 0 bridgehead atoms. The van der Waals surface area contributed by atoms with Crippen LogP contribution in [0.15, 0.2) is 27.8 Å². The summed E-state index contributed by atoms with van der Waals surface area (Å²) in [7, 11) is 0. The lowest BCUT2D eigenvalue weighted by Crippen LogP contribution is -2.41. The van der Waals surface area contributed by atoms with Crippen molar-refractivity contribution >= 4 is 39.9 Å². The van der Waals surface area contributed by atoms with E-state index in [0.717, 1.165) is 0 Å². The Morgan fingerprint density at radius 3 is 2.65 bits per heavy atom. The van der Waals surface area contributed by atoms with Gasteiger partial charge in [-0.25, -0.2) is 10.2 Å². The highest BCUT2D eigenvalue weighted by Gasteiger charge is 2.13. The minimum absolute atomic E-state index is 0.168. The van der Waals surface area contributed by atoms with Crippen LogP contribution in [-0.4, -0.2) is 41.8 Å². The smallest absolute Gasteiger partial charge is 0.341 e. The van der Waals surface area contributed by atoms with Gasteiger partial charge in [0.2, 0.25) is 0 Å². The van der Waals surface area contributed by atoms with Crippen molar-refractivity contribution in [1.29, 1.82) is 0 Å². The van der Waals surface area contributed by atoms with E-state index in [2.05, 4.69) is 31.8 Å². The molecular formula is C14H16BrN3O5. The summed E-state index contributed by atoms with van der Waals surface area (Å²) in [5.41, 5.74) is 2.51. The molecule has 0 aromatic heterocycles. The van der Waals surface area contributed by atoms with Gasteiger partial charge < -0.3 is 15.2 Å². The Bertz CT molecular complexity index is 631. The first-order valence-corrected chi connectivity index (χ1v) is 7.37. The van der Waals surface area contributed by atoms with E-state index in [9.17, 15) is 14.4 Å². The van der Waals surface area contributed by atoms with Crippen LogP contribution in [-0.2, 0) is 14.4 Å². The van der Waals surface area contributed by atoms with Gasteiger partial charge in [0.25, 0.3) is 0 Å². The normalized spacial score (nSPS) is 10.6. The molecule has 0 aliphatic rings. The summed E-state index contributed by atoms with van der Waals surface area (Å²) in [5, 5.41) is 14.7. The zero-order valence-electron chi connectivity index (χ0n) is 12.5. The highest BCUT2D eigenvalue weighted by molar-refractivity contribution is 9.10. The summed E-state index contributed by atoms with van der Waals surface area (Å²) < 4.78 is 5.82. The van der Waals surface area contributed by atoms with Crippen molar-refractivity contribution < 1.29 is 24.2 Å². The predicted octanol–water partition coefficient (Wildman–Crippen LogP) is 0.887. The maximum absolute atomic E-state index is 11.5. The van der Waals surface area contributed by atoms with E-state index in [1.54, 1.807) is 32.0 Å². The Kier molecular flexibility index (Phi) is 7.20. The largest absolute Gasteiger partial charge is 0.481 e. The number of ether oxygens (including phenoxy) is 1. The minimum Gasteiger partial charge on any atom is -0.481 e. The van der Waals surface area contributed by atoms with Crippen molar-refractivity contribution in [3.63, 3.8) is 0 Å². The number of rotatable bonds is 6. The Morgan fingerprint density at radius 1 is 1.35 bits per heavy atom. The molecule has 0 radical (unpaired) electrons. The zero-order valence-corrected chi connectivity index (χ0v) is 14.1. The van der Waals surface area contributed by atoms with Crippen LogP contribution in [0.25, 0.3) is 0 Å². The standard InChI is InChI=1S/C14H16BrN3O5/c1-8(2)17-13(21)14(22)18-16-6-9-5-10(15)3-4-11(9)23-7-12(19)20/h3-6,8H,7H2,1-2H3,(H,17,21)(H,18,22)(H,19,20)/b16-6-. The molecule has 1 aromatic carbocycles. The summed E-state index contributed by atoms with van der Waals surface area (Å²) >= 11 is 3.26. The predicted molar refractivity (Wildman–Crippen MR) is 86.3 cm³/mol. The molecule has 2 amide bonds. The summed E-state index contributed by atoms with van der Waals surface area (Å²) in [6.45, 7) is 2.94. The van der Waals surface area contributed by atoms with Crippen molar-refractivity contribution in [2.24, 2.45) is 5.10 Å². The van der Waals surface area contributed by atoms with E-state index in [1.807, 2.05) is 0 Å². The van der Waals surface area contributed by atoms with E-state index < -0.39 is 24.4 Å². The van der Waals surface area contributed by atoms with Gasteiger partial charge in [-0.3, -0.25) is 9.59 Å². The van der Waals surface area contributed by atoms with Crippen molar-refractivity contribution in [3.8, 4) is 5.75 Å². The second-order valence-electron chi connectivity index (χ2n) is 4.69. The molecule has 0 heterocycles. The number of carbonyl (C=O) groups excluding carboxylic acids is 2. The molecular weight excluding hydrogens is 370 g/mol. The molecule has 0 saturated heterocycles. The zero-order chi connectivity index (χ0) is 17.4. The van der Waals surface area contributed by atoms with Gasteiger partial charge >= 0.3 is 17.8 Å². The lowest BCUT2D eigenvalue weighted by Gasteiger charge is -2.08. The van der Waals surface area contributed by atoms with E-state index in [4.69, 9.17) is 9.84 Å². The molecule has 0 atom stereocenters. The Hall–Kier alpha value is -2.42. The van der Waals surface area contributed by atoms with Gasteiger partial charge in [0, 0.05) is 16.1 Å². The summed E-state index contributed by atoms with van der Waals surface area (Å²) in [5.74, 6) is -2.54. The summed E-state index contributed by atoms with van der Waals surface area (Å²) in [6, 6.07) is 4.68. The van der Waals surface area contributed by atoms with Crippen LogP contribution in [0.2, 0.25) is 0 Å². The van der Waals surface area contributed by atoms with Gasteiger partial charge in [0.05, 0.1) is 6.21 Å². The number of carboxylic acids is 1. The lowest BCUT2D eigenvalue weighted by molar-refractivity contribution is -0.139. The fourth-order valence-electron chi connectivity index (χ4n) is 1.43. The monoisotopic (exact) mass is 385 g/mol. The number of hydrogen-bond acceptors (Lipinski definition) is 5. The first kappa shape index (κ1) is 18.6. The van der Waals surface area contributed by atoms with Gasteiger partial charge in [-0.2, -0.15) is 5.10 Å². The Labute approximate surface area is 141 Å². The topological polar surface area (TPSA) is 117 Å². The average Bonchev–Trinajstić information content (AvgIpc) is 2.45. The number of nitrogens with zero attached hydrogens (tertiary/aromatic N) is 1. The average molecular weight is 386 g/mol. The number of aliphatic carboxylic acids is 1. The molecule has 0 fully saturated rings. The highest BCUT2D eigenvalue weighted by atomic mass is 79.9. The Balaban J connectivity index is 2.75. The number of amides is 2. The second-order valence-corrected chi connectivity index (χ2v) is 5.61. The molecule has 124 valence electrons. The van der Waals surface area contributed by atoms with E-state index in [-0.39, 0.29) is 11.8 Å². The summed E-state index contributed by atoms with van der Waals surface area (Å²) in [6.07, 6.45) is 1.25. The van der Waals surface area contributed by atoms with Gasteiger partial charge in [-0.1, -0.05) is 15.9 Å². The lowest BCUT2D eigenvalue weighted by atomic mass is 10.2. The van der Waals surface area contributed by atoms with Crippen molar-refractivity contribution in [3.05, 3.63) is 28.2 Å². The van der Waals surface area contributed by atoms with Crippen LogP contribution in [0.1, 0.15) is 19.4 Å². The molecule has 0 unspecified atom stereocenters. The SMILES string of the molecule is CC(C)NC(=O)C(=O)N/N=C\c1cc(Br)ccc1OCC(=O)O. The highest BCUT2D eigenvalue weighted by Crippen LogP contribution is 2.21. The molecule has 3 N–H and O–H groups in total. The molecule has 8 nitrogen and oxygen atoms in total. The number of carboxylic acid groups (broad SMARTS) is 1. The van der Waals surface area contributed by atoms with Crippen LogP contribution in [0.4, 0.5) is 0 Å². The molecule has 0 spiro atoms. The molecule has 0 saturated carbocycles. The van der Waals surface area contributed by atoms with Crippen LogP contribution in [0.5, 0.6) is 5.75 Å². The Morgan fingerprint density at radius 2 is 2.04 bits per heavy atom. The van der Waals surface area contributed by atoms with Crippen LogP contribution in [0.3, 0.4) is 0 Å². The first-order valence-electron chi connectivity index (χ1n) is 6.57. The molecule has 9 heteroatoms. The number of carbonyl (C=O) groups is 3. The number of hydrogen-bond donors (Lipinski definition) is 3. The molecule has 1 aromatic rings. The third-order valence-corrected chi connectivity index (χ3v) is 2.81. The maximum Gasteiger partial charge on any atom is 0.341 e. The van der Waals surface area contributed by atoms with E-state index in [1.165, 1.54) is 6.21 Å². The molecule has 1 rings (SSSR count). The van der Waals surface area contributed by atoms with Gasteiger partial charge in [-0.05, 0) is 32.0 Å². The van der Waals surface area contributed by atoms with Gasteiger partial charge in [0.1, 0.15) is 5.75 Å². The third kappa shape index (κ3) is 6.92. The van der Waals surface area contributed by atoms with Crippen LogP contribution < -0.4 is 15.5 Å². The number of benzene rings is 1. The summed E-state index contributed by atoms with van der Waals surface area (Å²) in [4.78, 5) is 33.4. The minimum atomic E-state index is -1.12. The second kappa shape index (κ2) is 8.89. The quantitative estimate of drug-likeness (QED) is 0.381. The van der Waals surface area contributed by atoms with E-state index in [0.29, 0.717) is 10.0 Å². The van der Waals surface area contributed by atoms with E-state index >= 15 is 0 Å². The molecule has 0 aliphatic heterocycles. The van der Waals surface area contributed by atoms with Crippen LogP contribution >= 0.6 is 15.9 Å². The molecule has 0 aliphatic carbocycles. The number of hydrazone groups is 1. The third-order valence-electron chi connectivity index (χ3n) is 2.32. The van der Waals surface area contributed by atoms with Gasteiger partial charge in [-0.15, -0.1) is 0 Å².